The van der Waals surface area contributed by atoms with Gasteiger partial charge in [0.1, 0.15) is 10.8 Å². The molecule has 16 heavy (non-hydrogen) atoms. The van der Waals surface area contributed by atoms with Crippen molar-refractivity contribution in [2.45, 2.75) is 6.42 Å². The van der Waals surface area contributed by atoms with E-state index in [0.717, 1.165) is 18.8 Å². The molecule has 1 aromatic rings. The smallest absolute Gasteiger partial charge is 0.126 e. The third-order valence-corrected chi connectivity index (χ3v) is 2.99. The van der Waals surface area contributed by atoms with Crippen molar-refractivity contribution in [2.75, 3.05) is 23.9 Å². The van der Waals surface area contributed by atoms with Gasteiger partial charge in [-0.15, -0.1) is 0 Å². The van der Waals surface area contributed by atoms with E-state index >= 15 is 0 Å². The number of pyridine rings is 1. The summed E-state index contributed by atoms with van der Waals surface area (Å²) in [4.78, 5) is 4.53. The summed E-state index contributed by atoms with van der Waals surface area (Å²) >= 11 is 4.84. The lowest BCUT2D eigenvalue weighted by atomic mass is 10.3. The largest absolute Gasteiger partial charge is 0.388 e. The molecule has 0 amide bonds. The quantitative estimate of drug-likeness (QED) is 0.585. The van der Waals surface area contributed by atoms with Gasteiger partial charge in [-0.3, -0.25) is 4.21 Å². The lowest BCUT2D eigenvalue weighted by Crippen LogP contribution is -2.13. The van der Waals surface area contributed by atoms with Gasteiger partial charge in [-0.05, 0) is 18.6 Å². The predicted molar refractivity (Wildman–Crippen MR) is 72.2 cm³/mol. The summed E-state index contributed by atoms with van der Waals surface area (Å²) in [5.41, 5.74) is 6.09. The Balaban J connectivity index is 2.45. The minimum atomic E-state index is -0.736. The first-order chi connectivity index (χ1) is 7.59. The molecule has 0 radical (unpaired) electrons. The van der Waals surface area contributed by atoms with Crippen LogP contribution in [0.15, 0.2) is 18.2 Å². The number of rotatable bonds is 6. The molecule has 3 N–H and O–H groups in total. The van der Waals surface area contributed by atoms with Crippen molar-refractivity contribution in [3.8, 4) is 0 Å². The number of aromatic nitrogens is 1. The van der Waals surface area contributed by atoms with Gasteiger partial charge in [0.25, 0.3) is 0 Å². The first-order valence-corrected chi connectivity index (χ1v) is 7.04. The van der Waals surface area contributed by atoms with Crippen molar-refractivity contribution in [3.63, 3.8) is 0 Å². The third kappa shape index (κ3) is 4.67. The van der Waals surface area contributed by atoms with Crippen LogP contribution >= 0.6 is 12.2 Å². The monoisotopic (exact) mass is 257 g/mol. The molecule has 6 heteroatoms. The molecule has 1 aromatic heterocycles. The van der Waals surface area contributed by atoms with Crippen LogP contribution in [0.25, 0.3) is 0 Å². The minimum Gasteiger partial charge on any atom is -0.388 e. The van der Waals surface area contributed by atoms with Crippen LogP contribution in [-0.4, -0.2) is 32.7 Å². The van der Waals surface area contributed by atoms with Gasteiger partial charge in [-0.2, -0.15) is 0 Å². The zero-order chi connectivity index (χ0) is 12.0. The van der Waals surface area contributed by atoms with Crippen molar-refractivity contribution in [2.24, 2.45) is 5.73 Å². The molecular formula is C10H15N3OS2. The van der Waals surface area contributed by atoms with E-state index in [9.17, 15) is 4.21 Å². The number of thiocarbonyl (C=S) groups is 1. The minimum absolute atomic E-state index is 0.290. The summed E-state index contributed by atoms with van der Waals surface area (Å²) in [6.45, 7) is 0.743. The number of nitrogens with one attached hydrogen (secondary N) is 1. The molecule has 1 heterocycles. The average Bonchev–Trinajstić information content (AvgIpc) is 2.24. The van der Waals surface area contributed by atoms with Gasteiger partial charge in [-0.25, -0.2) is 4.98 Å². The Kier molecular flexibility index (Phi) is 5.34. The topological polar surface area (TPSA) is 68.0 Å². The van der Waals surface area contributed by atoms with Gasteiger partial charge in [0.05, 0.1) is 5.69 Å². The highest BCUT2D eigenvalue weighted by atomic mass is 32.2. The molecule has 0 bridgehead atoms. The van der Waals surface area contributed by atoms with Crippen molar-refractivity contribution in [1.29, 1.82) is 0 Å². The molecule has 4 nitrogen and oxygen atoms in total. The van der Waals surface area contributed by atoms with Crippen molar-refractivity contribution in [3.05, 3.63) is 23.9 Å². The molecule has 1 rings (SSSR count). The molecule has 0 aliphatic heterocycles. The summed E-state index contributed by atoms with van der Waals surface area (Å²) in [6, 6.07) is 5.47. The maximum absolute atomic E-state index is 10.8. The summed E-state index contributed by atoms with van der Waals surface area (Å²) in [5.74, 6) is 1.44. The Labute approximate surface area is 103 Å². The molecular weight excluding hydrogens is 242 g/mol. The van der Waals surface area contributed by atoms with Crippen LogP contribution in [0.4, 0.5) is 5.82 Å². The molecule has 1 atom stereocenters. The van der Waals surface area contributed by atoms with E-state index in [-0.39, 0.29) is 0 Å². The Morgan fingerprint density at radius 3 is 3.00 bits per heavy atom. The molecule has 0 fully saturated rings. The third-order valence-electron chi connectivity index (χ3n) is 1.92. The number of hydrogen-bond donors (Lipinski definition) is 2. The number of hydrogen-bond acceptors (Lipinski definition) is 4. The second kappa shape index (κ2) is 6.55. The molecule has 1 unspecified atom stereocenters. The maximum atomic E-state index is 10.8. The van der Waals surface area contributed by atoms with Crippen molar-refractivity contribution >= 4 is 33.8 Å². The van der Waals surface area contributed by atoms with Crippen LogP contribution in [0.5, 0.6) is 0 Å². The van der Waals surface area contributed by atoms with Crippen LogP contribution < -0.4 is 11.1 Å². The van der Waals surface area contributed by atoms with Gasteiger partial charge in [0, 0.05) is 29.4 Å². The second-order valence-corrected chi connectivity index (χ2v) is 5.32. The van der Waals surface area contributed by atoms with Crippen LogP contribution in [0.1, 0.15) is 12.1 Å². The SMILES string of the molecule is CS(=O)CCCNc1cccc(C(N)=S)n1. The Morgan fingerprint density at radius 2 is 2.38 bits per heavy atom. The Hall–Kier alpha value is -1.01. The number of nitrogens with zero attached hydrogens (tertiary/aromatic N) is 1. The van der Waals surface area contributed by atoms with E-state index in [0.29, 0.717) is 16.4 Å². The fraction of sp³-hybridized carbons (Fsp3) is 0.400. The van der Waals surface area contributed by atoms with Crippen LogP contribution in [0.2, 0.25) is 0 Å². The fourth-order valence-corrected chi connectivity index (χ4v) is 1.83. The van der Waals surface area contributed by atoms with Crippen LogP contribution in [0, 0.1) is 0 Å². The highest BCUT2D eigenvalue weighted by Crippen LogP contribution is 2.04. The highest BCUT2D eigenvalue weighted by molar-refractivity contribution is 7.84. The first kappa shape index (κ1) is 13.1. The highest BCUT2D eigenvalue weighted by Gasteiger charge is 1.99. The van der Waals surface area contributed by atoms with Gasteiger partial charge in [-0.1, -0.05) is 18.3 Å². The standard InChI is InChI=1S/C10H15N3OS2/c1-16(14)7-3-6-12-9-5-2-4-8(13-9)10(11)15/h2,4-5H,3,6-7H2,1H3,(H2,11,15)(H,12,13). The maximum Gasteiger partial charge on any atom is 0.126 e. The predicted octanol–water partition coefficient (Wildman–Crippen LogP) is 0.896. The summed E-state index contributed by atoms with van der Waals surface area (Å²) in [5, 5.41) is 3.13. The number of anilines is 1. The van der Waals surface area contributed by atoms with Crippen LogP contribution in [0.3, 0.4) is 0 Å². The summed E-state index contributed by atoms with van der Waals surface area (Å²) in [7, 11) is -0.736. The van der Waals surface area contributed by atoms with E-state index in [1.54, 1.807) is 12.3 Å². The van der Waals surface area contributed by atoms with Gasteiger partial charge in [0.15, 0.2) is 0 Å². The Morgan fingerprint density at radius 1 is 1.62 bits per heavy atom. The normalized spacial score (nSPS) is 12.1. The van der Waals surface area contributed by atoms with Crippen LogP contribution in [-0.2, 0) is 10.8 Å². The van der Waals surface area contributed by atoms with Gasteiger partial charge >= 0.3 is 0 Å². The van der Waals surface area contributed by atoms with Crippen molar-refractivity contribution < 1.29 is 4.21 Å². The Bertz CT molecular complexity index is 395. The zero-order valence-electron chi connectivity index (χ0n) is 9.10. The molecule has 0 spiro atoms. The lowest BCUT2D eigenvalue weighted by Gasteiger charge is -2.06. The van der Waals surface area contributed by atoms with Gasteiger partial charge < -0.3 is 11.1 Å². The lowest BCUT2D eigenvalue weighted by molar-refractivity contribution is 0.685. The van der Waals surface area contributed by atoms with Crippen molar-refractivity contribution in [1.82, 2.24) is 4.98 Å². The molecule has 0 aliphatic rings. The number of nitrogens with two attached hydrogens (primary N) is 1. The summed E-state index contributed by atoms with van der Waals surface area (Å²) in [6.07, 6.45) is 2.55. The molecule has 0 saturated heterocycles. The molecule has 0 aliphatic carbocycles. The summed E-state index contributed by atoms with van der Waals surface area (Å²) < 4.78 is 10.8. The van der Waals surface area contributed by atoms with E-state index < -0.39 is 10.8 Å². The molecule has 0 aromatic carbocycles. The molecule has 0 saturated carbocycles. The average molecular weight is 257 g/mol. The van der Waals surface area contributed by atoms with E-state index in [1.807, 2.05) is 12.1 Å². The fourth-order valence-electron chi connectivity index (χ4n) is 1.16. The van der Waals surface area contributed by atoms with E-state index in [2.05, 4.69) is 10.3 Å². The second-order valence-electron chi connectivity index (χ2n) is 3.33. The van der Waals surface area contributed by atoms with E-state index in [1.165, 1.54) is 0 Å². The van der Waals surface area contributed by atoms with E-state index in [4.69, 9.17) is 18.0 Å². The van der Waals surface area contributed by atoms with Gasteiger partial charge in [0.2, 0.25) is 0 Å². The molecule has 88 valence electrons. The zero-order valence-corrected chi connectivity index (χ0v) is 10.7. The first-order valence-electron chi connectivity index (χ1n) is 4.90.